The van der Waals surface area contributed by atoms with Crippen LogP contribution in [0.2, 0.25) is 0 Å². The van der Waals surface area contributed by atoms with Crippen molar-refractivity contribution in [3.8, 4) is 0 Å². The van der Waals surface area contributed by atoms with Crippen LogP contribution >= 0.6 is 27.7 Å². The minimum absolute atomic E-state index is 0.385. The van der Waals surface area contributed by atoms with Gasteiger partial charge in [-0.3, -0.25) is 0 Å². The van der Waals surface area contributed by atoms with Crippen LogP contribution < -0.4 is 5.32 Å². The Balaban J connectivity index is 1.75. The summed E-state index contributed by atoms with van der Waals surface area (Å²) in [5, 5.41) is 6.24. The van der Waals surface area contributed by atoms with Crippen LogP contribution in [0.1, 0.15) is 11.6 Å². The van der Waals surface area contributed by atoms with Crippen molar-refractivity contribution in [1.82, 2.24) is 0 Å². The molecule has 0 radical (unpaired) electrons. The second kappa shape index (κ2) is 5.39. The van der Waals surface area contributed by atoms with Gasteiger partial charge in [0.15, 0.2) is 0 Å². The molecule has 1 nitrogen and oxygen atoms in total. The molecule has 0 aliphatic carbocycles. The van der Waals surface area contributed by atoms with E-state index < -0.39 is 0 Å². The van der Waals surface area contributed by atoms with Gasteiger partial charge in [-0.1, -0.05) is 58.4 Å². The number of thioether (sulfide) groups is 1. The van der Waals surface area contributed by atoms with Gasteiger partial charge in [-0.05, 0) is 29.1 Å². The van der Waals surface area contributed by atoms with Crippen molar-refractivity contribution in [3.63, 3.8) is 0 Å². The van der Waals surface area contributed by atoms with E-state index in [9.17, 15) is 0 Å². The van der Waals surface area contributed by atoms with Crippen LogP contribution in [-0.4, -0.2) is 5.75 Å². The molecule has 1 unspecified atom stereocenters. The quantitative estimate of drug-likeness (QED) is 0.617. The van der Waals surface area contributed by atoms with Crippen LogP contribution in [-0.2, 0) is 0 Å². The number of benzene rings is 3. The lowest BCUT2D eigenvalue weighted by Crippen LogP contribution is -2.10. The molecule has 0 bridgehead atoms. The van der Waals surface area contributed by atoms with Crippen molar-refractivity contribution in [2.45, 2.75) is 10.9 Å². The number of anilines is 1. The summed E-state index contributed by atoms with van der Waals surface area (Å²) in [6.07, 6.45) is 0. The minimum Gasteiger partial charge on any atom is -0.377 e. The normalized spacial score (nSPS) is 16.9. The third-order valence-electron chi connectivity index (χ3n) is 3.90. The van der Waals surface area contributed by atoms with Gasteiger partial charge in [-0.15, -0.1) is 11.8 Å². The number of hydrogen-bond donors (Lipinski definition) is 1. The zero-order valence-electron chi connectivity index (χ0n) is 11.3. The average Bonchev–Trinajstić information content (AvgIpc) is 2.94. The molecule has 4 rings (SSSR count). The summed E-state index contributed by atoms with van der Waals surface area (Å²) in [5.74, 6) is 1.09. The zero-order valence-corrected chi connectivity index (χ0v) is 13.7. The first-order chi connectivity index (χ1) is 10.3. The van der Waals surface area contributed by atoms with Crippen LogP contribution in [0.5, 0.6) is 0 Å². The van der Waals surface area contributed by atoms with E-state index in [1.54, 1.807) is 0 Å². The fraction of sp³-hybridized carbons (Fsp3) is 0.111. The summed E-state index contributed by atoms with van der Waals surface area (Å²) < 4.78 is 1.14. The lowest BCUT2D eigenvalue weighted by atomic mass is 10.1. The Kier molecular flexibility index (Phi) is 3.40. The minimum atomic E-state index is 0.385. The fourth-order valence-corrected chi connectivity index (χ4v) is 4.50. The van der Waals surface area contributed by atoms with Crippen LogP contribution in [0.4, 0.5) is 5.69 Å². The molecule has 0 saturated carbocycles. The van der Waals surface area contributed by atoms with Crippen LogP contribution in [0, 0.1) is 0 Å². The highest BCUT2D eigenvalue weighted by molar-refractivity contribution is 9.10. The van der Waals surface area contributed by atoms with Gasteiger partial charge >= 0.3 is 0 Å². The SMILES string of the molecule is Brc1ccc(NC2CSc3ccccc32)c2ccccc12. The Hall–Kier alpha value is -1.45. The van der Waals surface area contributed by atoms with E-state index in [4.69, 9.17) is 0 Å². The highest BCUT2D eigenvalue weighted by Gasteiger charge is 2.22. The maximum atomic E-state index is 3.73. The second-order valence-corrected chi connectivity index (χ2v) is 7.10. The summed E-state index contributed by atoms with van der Waals surface area (Å²) in [5.41, 5.74) is 2.62. The first kappa shape index (κ1) is 13.2. The molecule has 1 atom stereocenters. The van der Waals surface area contributed by atoms with Gasteiger partial charge in [0, 0.05) is 26.2 Å². The molecule has 21 heavy (non-hydrogen) atoms. The Morgan fingerprint density at radius 1 is 0.905 bits per heavy atom. The Labute approximate surface area is 136 Å². The van der Waals surface area contributed by atoms with Crippen LogP contribution in [0.15, 0.2) is 70.0 Å². The van der Waals surface area contributed by atoms with Crippen molar-refractivity contribution in [2.75, 3.05) is 11.1 Å². The molecule has 3 heteroatoms. The van der Waals surface area contributed by atoms with Crippen molar-refractivity contribution < 1.29 is 0 Å². The molecule has 0 aromatic heterocycles. The van der Waals surface area contributed by atoms with Gasteiger partial charge in [-0.2, -0.15) is 0 Å². The van der Waals surface area contributed by atoms with Crippen LogP contribution in [0.3, 0.4) is 0 Å². The standard InChI is InChI=1S/C18H14BrNS/c19-15-9-10-16(13-6-2-1-5-12(13)15)20-17-11-21-18-8-4-3-7-14(17)18/h1-10,17,20H,11H2. The monoisotopic (exact) mass is 355 g/mol. The van der Waals surface area contributed by atoms with Crippen LogP contribution in [0.25, 0.3) is 10.8 Å². The first-order valence-electron chi connectivity index (χ1n) is 6.98. The molecule has 3 aromatic rings. The van der Waals surface area contributed by atoms with Gasteiger partial charge in [0.1, 0.15) is 0 Å². The summed E-state index contributed by atoms with van der Waals surface area (Å²) in [4.78, 5) is 1.40. The summed E-state index contributed by atoms with van der Waals surface area (Å²) >= 11 is 5.57. The first-order valence-corrected chi connectivity index (χ1v) is 8.76. The summed E-state index contributed by atoms with van der Waals surface area (Å²) in [7, 11) is 0. The Morgan fingerprint density at radius 3 is 2.57 bits per heavy atom. The smallest absolute Gasteiger partial charge is 0.0618 e. The maximum Gasteiger partial charge on any atom is 0.0618 e. The highest BCUT2D eigenvalue weighted by Crippen LogP contribution is 2.41. The molecule has 0 saturated heterocycles. The van der Waals surface area contributed by atoms with Crippen molar-refractivity contribution >= 4 is 44.2 Å². The second-order valence-electron chi connectivity index (χ2n) is 5.19. The lowest BCUT2D eigenvalue weighted by Gasteiger charge is -2.17. The molecular formula is C18H14BrNS. The molecule has 1 N–H and O–H groups in total. The van der Waals surface area contributed by atoms with E-state index in [1.807, 2.05) is 11.8 Å². The molecule has 3 aromatic carbocycles. The number of rotatable bonds is 2. The zero-order chi connectivity index (χ0) is 14.2. The molecule has 1 aliphatic rings. The fourth-order valence-electron chi connectivity index (χ4n) is 2.86. The topological polar surface area (TPSA) is 12.0 Å². The molecule has 104 valence electrons. The van der Waals surface area contributed by atoms with Crippen molar-refractivity contribution in [2.24, 2.45) is 0 Å². The largest absolute Gasteiger partial charge is 0.377 e. The van der Waals surface area contributed by atoms with E-state index in [-0.39, 0.29) is 0 Å². The number of hydrogen-bond acceptors (Lipinski definition) is 2. The molecular weight excluding hydrogens is 342 g/mol. The maximum absolute atomic E-state index is 3.73. The molecule has 1 aliphatic heterocycles. The van der Waals surface area contributed by atoms with Gasteiger partial charge in [0.25, 0.3) is 0 Å². The van der Waals surface area contributed by atoms with E-state index in [0.29, 0.717) is 6.04 Å². The number of nitrogens with one attached hydrogen (secondary N) is 1. The lowest BCUT2D eigenvalue weighted by molar-refractivity contribution is 0.902. The van der Waals surface area contributed by atoms with E-state index in [2.05, 4.69) is 81.9 Å². The predicted molar refractivity (Wildman–Crippen MR) is 95.2 cm³/mol. The van der Waals surface area contributed by atoms with E-state index in [1.165, 1.54) is 26.9 Å². The molecule has 0 spiro atoms. The van der Waals surface area contributed by atoms with E-state index in [0.717, 1.165) is 10.2 Å². The van der Waals surface area contributed by atoms with Gasteiger partial charge in [0.05, 0.1) is 6.04 Å². The summed E-state index contributed by atoms with van der Waals surface area (Å²) in [6.45, 7) is 0. The summed E-state index contributed by atoms with van der Waals surface area (Å²) in [6, 6.07) is 21.9. The Morgan fingerprint density at radius 2 is 1.67 bits per heavy atom. The van der Waals surface area contributed by atoms with Gasteiger partial charge in [0.2, 0.25) is 0 Å². The Bertz CT molecular complexity index is 815. The number of halogens is 1. The molecule has 0 fully saturated rings. The highest BCUT2D eigenvalue weighted by atomic mass is 79.9. The van der Waals surface area contributed by atoms with Gasteiger partial charge < -0.3 is 5.32 Å². The molecule has 1 heterocycles. The van der Waals surface area contributed by atoms with Crippen molar-refractivity contribution in [3.05, 3.63) is 70.7 Å². The number of fused-ring (bicyclic) bond motifs is 2. The van der Waals surface area contributed by atoms with Crippen molar-refractivity contribution in [1.29, 1.82) is 0 Å². The predicted octanol–water partition coefficient (Wildman–Crippen LogP) is 5.86. The molecule has 0 amide bonds. The van der Waals surface area contributed by atoms with E-state index >= 15 is 0 Å². The van der Waals surface area contributed by atoms with Gasteiger partial charge in [-0.25, -0.2) is 0 Å². The average molecular weight is 356 g/mol. The third kappa shape index (κ3) is 2.34. The third-order valence-corrected chi connectivity index (χ3v) is 5.77.